The van der Waals surface area contributed by atoms with Gasteiger partial charge in [-0.1, -0.05) is 31.2 Å². The number of aryl methyl sites for hydroxylation is 1. The Morgan fingerprint density at radius 3 is 2.50 bits per heavy atom. The first-order valence-corrected chi connectivity index (χ1v) is 9.85. The molecule has 156 valence electrons. The summed E-state index contributed by atoms with van der Waals surface area (Å²) in [4.78, 5) is 16.2. The number of pyridine rings is 1. The summed E-state index contributed by atoms with van der Waals surface area (Å²) in [5, 5.41) is 2.87. The van der Waals surface area contributed by atoms with Crippen LogP contribution in [0, 0.1) is 0 Å². The lowest BCUT2D eigenvalue weighted by atomic mass is 10.1. The van der Waals surface area contributed by atoms with Crippen molar-refractivity contribution in [2.24, 2.45) is 0 Å². The van der Waals surface area contributed by atoms with Gasteiger partial charge < -0.3 is 19.5 Å². The van der Waals surface area contributed by atoms with E-state index in [1.165, 1.54) is 0 Å². The molecule has 3 aromatic rings. The number of amides is 1. The van der Waals surface area contributed by atoms with Crippen LogP contribution in [0.3, 0.4) is 0 Å². The monoisotopic (exact) mass is 406 g/mol. The van der Waals surface area contributed by atoms with Gasteiger partial charge in [-0.3, -0.25) is 9.78 Å². The number of carbonyl (C=O) groups is 1. The molecule has 0 radical (unpaired) electrons. The van der Waals surface area contributed by atoms with Crippen LogP contribution in [0.2, 0.25) is 0 Å². The normalized spacial score (nSPS) is 10.3. The molecule has 0 aliphatic carbocycles. The van der Waals surface area contributed by atoms with Crippen molar-refractivity contribution < 1.29 is 19.0 Å². The Balaban J connectivity index is 1.51. The minimum atomic E-state index is -0.183. The second-order valence-electron chi connectivity index (χ2n) is 6.66. The van der Waals surface area contributed by atoms with Crippen LogP contribution in [0.4, 0.5) is 0 Å². The van der Waals surface area contributed by atoms with Crippen LogP contribution in [0.5, 0.6) is 17.2 Å². The molecule has 0 atom stereocenters. The SMILES string of the molecule is CCc1ccccc1OCC(=O)NCc1ccc(OCc2ccncc2)c(OC)c1. The second kappa shape index (κ2) is 10.9. The van der Waals surface area contributed by atoms with Crippen LogP contribution in [0.1, 0.15) is 23.6 Å². The summed E-state index contributed by atoms with van der Waals surface area (Å²) >= 11 is 0. The number of aromatic nitrogens is 1. The first-order valence-electron chi connectivity index (χ1n) is 9.85. The van der Waals surface area contributed by atoms with Crippen molar-refractivity contribution in [2.45, 2.75) is 26.5 Å². The van der Waals surface area contributed by atoms with Gasteiger partial charge in [0.1, 0.15) is 12.4 Å². The fraction of sp³-hybridized carbons (Fsp3) is 0.250. The molecule has 3 rings (SSSR count). The molecule has 1 amide bonds. The van der Waals surface area contributed by atoms with Gasteiger partial charge in [-0.15, -0.1) is 0 Å². The van der Waals surface area contributed by atoms with Crippen LogP contribution >= 0.6 is 0 Å². The van der Waals surface area contributed by atoms with Gasteiger partial charge in [-0.25, -0.2) is 0 Å². The molecule has 6 heteroatoms. The first-order chi connectivity index (χ1) is 14.7. The molecule has 1 heterocycles. The molecule has 0 aliphatic heterocycles. The number of para-hydroxylation sites is 1. The van der Waals surface area contributed by atoms with Crippen LogP contribution in [-0.4, -0.2) is 24.6 Å². The van der Waals surface area contributed by atoms with E-state index in [4.69, 9.17) is 14.2 Å². The van der Waals surface area contributed by atoms with Crippen LogP contribution in [0.15, 0.2) is 67.0 Å². The summed E-state index contributed by atoms with van der Waals surface area (Å²) in [6, 6.07) is 17.1. The highest BCUT2D eigenvalue weighted by Gasteiger charge is 2.09. The van der Waals surface area contributed by atoms with Crippen molar-refractivity contribution in [1.82, 2.24) is 10.3 Å². The minimum Gasteiger partial charge on any atom is -0.493 e. The number of ether oxygens (including phenoxy) is 3. The predicted octanol–water partition coefficient (Wildman–Crippen LogP) is 3.93. The maximum atomic E-state index is 12.2. The van der Waals surface area contributed by atoms with Gasteiger partial charge in [-0.05, 0) is 53.4 Å². The zero-order chi connectivity index (χ0) is 21.2. The molecule has 0 saturated heterocycles. The Kier molecular flexibility index (Phi) is 7.66. The van der Waals surface area contributed by atoms with Crippen LogP contribution in [-0.2, 0) is 24.4 Å². The third-order valence-electron chi connectivity index (χ3n) is 4.57. The van der Waals surface area contributed by atoms with Gasteiger partial charge >= 0.3 is 0 Å². The molecule has 0 saturated carbocycles. The largest absolute Gasteiger partial charge is 0.493 e. The van der Waals surface area contributed by atoms with Crippen molar-refractivity contribution >= 4 is 5.91 Å². The Morgan fingerprint density at radius 2 is 1.73 bits per heavy atom. The van der Waals surface area contributed by atoms with E-state index in [1.54, 1.807) is 19.5 Å². The van der Waals surface area contributed by atoms with Crippen molar-refractivity contribution in [2.75, 3.05) is 13.7 Å². The zero-order valence-corrected chi connectivity index (χ0v) is 17.3. The van der Waals surface area contributed by atoms with E-state index in [1.807, 2.05) is 54.6 Å². The van der Waals surface area contributed by atoms with Crippen molar-refractivity contribution in [3.05, 3.63) is 83.7 Å². The highest BCUT2D eigenvalue weighted by atomic mass is 16.5. The predicted molar refractivity (Wildman–Crippen MR) is 115 cm³/mol. The van der Waals surface area contributed by atoms with E-state index < -0.39 is 0 Å². The third kappa shape index (κ3) is 5.98. The fourth-order valence-electron chi connectivity index (χ4n) is 2.91. The molecule has 1 aromatic heterocycles. The van der Waals surface area contributed by atoms with E-state index in [9.17, 15) is 4.79 Å². The van der Waals surface area contributed by atoms with Gasteiger partial charge in [-0.2, -0.15) is 0 Å². The lowest BCUT2D eigenvalue weighted by Gasteiger charge is -2.13. The Bertz CT molecular complexity index is 960. The third-order valence-corrected chi connectivity index (χ3v) is 4.57. The average Bonchev–Trinajstić information content (AvgIpc) is 2.81. The molecule has 0 fully saturated rings. The minimum absolute atomic E-state index is 0.0265. The molecule has 0 aliphatic rings. The average molecular weight is 406 g/mol. The standard InChI is InChI=1S/C24H26N2O4/c1-3-20-6-4-5-7-21(20)30-17-24(27)26-15-19-8-9-22(23(14-19)28-2)29-16-18-10-12-25-13-11-18/h4-14H,3,15-17H2,1-2H3,(H,26,27). The van der Waals surface area contributed by atoms with Gasteiger partial charge in [0.25, 0.3) is 5.91 Å². The summed E-state index contributed by atoms with van der Waals surface area (Å²) in [5.74, 6) is 1.82. The molecule has 0 bridgehead atoms. The summed E-state index contributed by atoms with van der Waals surface area (Å²) in [6.07, 6.45) is 4.31. The quantitative estimate of drug-likeness (QED) is 0.553. The van der Waals surface area contributed by atoms with Gasteiger partial charge in [0.05, 0.1) is 7.11 Å². The lowest BCUT2D eigenvalue weighted by Crippen LogP contribution is -2.28. The van der Waals surface area contributed by atoms with E-state index in [0.717, 1.165) is 28.9 Å². The number of nitrogens with one attached hydrogen (secondary N) is 1. The number of rotatable bonds is 10. The Morgan fingerprint density at radius 1 is 0.933 bits per heavy atom. The number of benzene rings is 2. The smallest absolute Gasteiger partial charge is 0.258 e. The van der Waals surface area contributed by atoms with Crippen LogP contribution < -0.4 is 19.5 Å². The first kappa shape index (κ1) is 21.2. The van der Waals surface area contributed by atoms with Crippen molar-refractivity contribution in [1.29, 1.82) is 0 Å². The van der Waals surface area contributed by atoms with E-state index in [2.05, 4.69) is 17.2 Å². The molecule has 1 N–H and O–H groups in total. The lowest BCUT2D eigenvalue weighted by molar-refractivity contribution is -0.123. The number of hydrogen-bond acceptors (Lipinski definition) is 5. The highest BCUT2D eigenvalue weighted by Crippen LogP contribution is 2.28. The summed E-state index contributed by atoms with van der Waals surface area (Å²) in [5.41, 5.74) is 3.01. The molecule has 30 heavy (non-hydrogen) atoms. The van der Waals surface area contributed by atoms with Gasteiger partial charge in [0.15, 0.2) is 18.1 Å². The highest BCUT2D eigenvalue weighted by molar-refractivity contribution is 5.77. The van der Waals surface area contributed by atoms with E-state index >= 15 is 0 Å². The summed E-state index contributed by atoms with van der Waals surface area (Å²) in [7, 11) is 1.59. The van der Waals surface area contributed by atoms with Crippen molar-refractivity contribution in [3.8, 4) is 17.2 Å². The molecular formula is C24H26N2O4. The van der Waals surface area contributed by atoms with E-state index in [-0.39, 0.29) is 12.5 Å². The fourth-order valence-corrected chi connectivity index (χ4v) is 2.91. The Labute approximate surface area is 176 Å². The van der Waals surface area contributed by atoms with E-state index in [0.29, 0.717) is 24.7 Å². The molecule has 2 aromatic carbocycles. The molecule has 0 unspecified atom stereocenters. The number of nitrogens with zero attached hydrogens (tertiary/aromatic N) is 1. The zero-order valence-electron chi connectivity index (χ0n) is 17.3. The molecule has 6 nitrogen and oxygen atoms in total. The maximum Gasteiger partial charge on any atom is 0.258 e. The maximum absolute atomic E-state index is 12.2. The van der Waals surface area contributed by atoms with Crippen molar-refractivity contribution in [3.63, 3.8) is 0 Å². The molecule has 0 spiro atoms. The number of carbonyl (C=O) groups excluding carboxylic acids is 1. The topological polar surface area (TPSA) is 69.7 Å². The second-order valence-corrected chi connectivity index (χ2v) is 6.66. The number of hydrogen-bond donors (Lipinski definition) is 1. The van der Waals surface area contributed by atoms with Gasteiger partial charge in [0, 0.05) is 18.9 Å². The molecular weight excluding hydrogens is 380 g/mol. The van der Waals surface area contributed by atoms with Crippen LogP contribution in [0.25, 0.3) is 0 Å². The summed E-state index contributed by atoms with van der Waals surface area (Å²) < 4.78 is 16.9. The summed E-state index contributed by atoms with van der Waals surface area (Å²) in [6.45, 7) is 2.82. The Hall–Kier alpha value is -3.54. The van der Waals surface area contributed by atoms with Gasteiger partial charge in [0.2, 0.25) is 0 Å². The number of methoxy groups -OCH3 is 1.